The molecule has 0 unspecified atom stereocenters. The molecule has 1 aromatic carbocycles. The van der Waals surface area contributed by atoms with Crippen LogP contribution in [0.2, 0.25) is 0 Å². The van der Waals surface area contributed by atoms with Crippen molar-refractivity contribution in [3.63, 3.8) is 0 Å². The van der Waals surface area contributed by atoms with Crippen LogP contribution in [0.15, 0.2) is 39.5 Å². The minimum absolute atomic E-state index is 0.780. The lowest BCUT2D eigenvalue weighted by molar-refractivity contribution is 0.882. The van der Waals surface area contributed by atoms with E-state index in [4.69, 9.17) is 0 Å². The van der Waals surface area contributed by atoms with E-state index in [1.54, 1.807) is 6.33 Å². The maximum absolute atomic E-state index is 4.38. The molecule has 0 saturated carbocycles. The summed E-state index contributed by atoms with van der Waals surface area (Å²) in [5, 5.41) is 3.30. The molecule has 0 fully saturated rings. The molecule has 112 valence electrons. The molecule has 2 aromatic rings. The lowest BCUT2D eigenvalue weighted by Crippen LogP contribution is -2.19. The van der Waals surface area contributed by atoms with E-state index in [2.05, 4.69) is 71.1 Å². The third kappa shape index (κ3) is 4.41. The molecule has 1 heterocycles. The molecule has 2 rings (SSSR count). The van der Waals surface area contributed by atoms with Gasteiger partial charge in [0.15, 0.2) is 0 Å². The Morgan fingerprint density at radius 3 is 2.76 bits per heavy atom. The van der Waals surface area contributed by atoms with Gasteiger partial charge in [0.2, 0.25) is 0 Å². The fraction of sp³-hybridized carbons (Fsp3) is 0.333. The molecule has 0 saturated heterocycles. The minimum Gasteiger partial charge on any atom is -0.369 e. The number of nitrogens with zero attached hydrogens (tertiary/aromatic N) is 3. The van der Waals surface area contributed by atoms with Gasteiger partial charge in [0.1, 0.15) is 22.4 Å². The number of benzene rings is 1. The molecule has 0 radical (unpaired) electrons. The van der Waals surface area contributed by atoms with E-state index in [-0.39, 0.29) is 0 Å². The summed E-state index contributed by atoms with van der Waals surface area (Å²) in [5.74, 6) is 1.71. The second-order valence-electron chi connectivity index (χ2n) is 4.77. The first kappa shape index (κ1) is 16.2. The van der Waals surface area contributed by atoms with Gasteiger partial charge in [-0.1, -0.05) is 35.0 Å². The van der Waals surface area contributed by atoms with Crippen molar-refractivity contribution in [1.82, 2.24) is 9.97 Å². The summed E-state index contributed by atoms with van der Waals surface area (Å²) in [6.07, 6.45) is 2.65. The van der Waals surface area contributed by atoms with Gasteiger partial charge in [-0.2, -0.15) is 0 Å². The zero-order valence-electron chi connectivity index (χ0n) is 12.1. The van der Waals surface area contributed by atoms with Crippen LogP contribution in [-0.4, -0.2) is 23.6 Å². The van der Waals surface area contributed by atoms with Gasteiger partial charge in [0, 0.05) is 24.6 Å². The molecule has 0 bridgehead atoms. The summed E-state index contributed by atoms with van der Waals surface area (Å²) in [4.78, 5) is 10.8. The Kier molecular flexibility index (Phi) is 5.99. The third-order valence-corrected chi connectivity index (χ3v) is 4.21. The normalized spacial score (nSPS) is 10.5. The average molecular weight is 414 g/mol. The number of aromatic nitrogens is 2. The molecule has 0 aliphatic rings. The third-order valence-electron chi connectivity index (χ3n) is 2.98. The fourth-order valence-corrected chi connectivity index (χ4v) is 3.07. The van der Waals surface area contributed by atoms with Gasteiger partial charge in [-0.05, 0) is 40.0 Å². The largest absolute Gasteiger partial charge is 0.369 e. The molecule has 4 nitrogen and oxygen atoms in total. The Hall–Kier alpha value is -1.14. The van der Waals surface area contributed by atoms with Crippen molar-refractivity contribution < 1.29 is 0 Å². The Morgan fingerprint density at radius 2 is 2.05 bits per heavy atom. The summed E-state index contributed by atoms with van der Waals surface area (Å²) >= 11 is 7.10. The second-order valence-corrected chi connectivity index (χ2v) is 6.48. The minimum atomic E-state index is 0.780. The second kappa shape index (κ2) is 7.75. The summed E-state index contributed by atoms with van der Waals surface area (Å²) < 4.78 is 1.98. The quantitative estimate of drug-likeness (QED) is 0.758. The van der Waals surface area contributed by atoms with Gasteiger partial charge in [0.25, 0.3) is 0 Å². The molecular formula is C15H18Br2N4. The van der Waals surface area contributed by atoms with E-state index in [9.17, 15) is 0 Å². The number of rotatable bonds is 6. The maximum Gasteiger partial charge on any atom is 0.148 e. The SMILES string of the molecule is CCCNc1ncnc(N(C)Cc2cccc(Br)c2)c1Br. The Balaban J connectivity index is 2.17. The van der Waals surface area contributed by atoms with Gasteiger partial charge in [0.05, 0.1) is 0 Å². The number of hydrogen-bond acceptors (Lipinski definition) is 4. The predicted octanol–water partition coefficient (Wildman–Crippen LogP) is 4.46. The van der Waals surface area contributed by atoms with Crippen molar-refractivity contribution in [2.45, 2.75) is 19.9 Å². The molecule has 1 aromatic heterocycles. The Labute approximate surface area is 142 Å². The van der Waals surface area contributed by atoms with Gasteiger partial charge in [-0.3, -0.25) is 0 Å². The van der Waals surface area contributed by atoms with Crippen molar-refractivity contribution in [1.29, 1.82) is 0 Å². The van der Waals surface area contributed by atoms with Crippen LogP contribution in [0.25, 0.3) is 0 Å². The number of hydrogen-bond donors (Lipinski definition) is 1. The molecule has 0 aliphatic carbocycles. The van der Waals surface area contributed by atoms with Crippen LogP contribution in [0, 0.1) is 0 Å². The van der Waals surface area contributed by atoms with Gasteiger partial charge < -0.3 is 10.2 Å². The Bertz CT molecular complexity index is 604. The highest BCUT2D eigenvalue weighted by molar-refractivity contribution is 9.11. The lowest BCUT2D eigenvalue weighted by Gasteiger charge is -2.20. The zero-order valence-corrected chi connectivity index (χ0v) is 15.3. The highest BCUT2D eigenvalue weighted by atomic mass is 79.9. The summed E-state index contributed by atoms with van der Waals surface area (Å²) in [6.45, 7) is 3.80. The van der Waals surface area contributed by atoms with E-state index >= 15 is 0 Å². The molecule has 21 heavy (non-hydrogen) atoms. The zero-order chi connectivity index (χ0) is 15.2. The van der Waals surface area contributed by atoms with E-state index in [1.165, 1.54) is 5.56 Å². The van der Waals surface area contributed by atoms with Crippen molar-refractivity contribution >= 4 is 43.5 Å². The highest BCUT2D eigenvalue weighted by Crippen LogP contribution is 2.29. The topological polar surface area (TPSA) is 41.1 Å². The number of nitrogens with one attached hydrogen (secondary N) is 1. The highest BCUT2D eigenvalue weighted by Gasteiger charge is 2.12. The maximum atomic E-state index is 4.38. The molecule has 0 amide bonds. The number of halogens is 2. The van der Waals surface area contributed by atoms with Crippen LogP contribution >= 0.6 is 31.9 Å². The van der Waals surface area contributed by atoms with Crippen LogP contribution in [0.4, 0.5) is 11.6 Å². The van der Waals surface area contributed by atoms with E-state index in [1.807, 2.05) is 19.2 Å². The molecule has 1 N–H and O–H groups in total. The van der Waals surface area contributed by atoms with Crippen molar-refractivity contribution in [2.24, 2.45) is 0 Å². The molecule has 0 spiro atoms. The molecule has 6 heteroatoms. The van der Waals surface area contributed by atoms with Gasteiger partial charge in [-0.25, -0.2) is 9.97 Å². The smallest absolute Gasteiger partial charge is 0.148 e. The van der Waals surface area contributed by atoms with Crippen LogP contribution in [-0.2, 0) is 6.54 Å². The Morgan fingerprint density at radius 1 is 1.24 bits per heavy atom. The van der Waals surface area contributed by atoms with E-state index < -0.39 is 0 Å². The summed E-state index contributed by atoms with van der Waals surface area (Å²) in [7, 11) is 2.03. The van der Waals surface area contributed by atoms with Gasteiger partial charge >= 0.3 is 0 Å². The van der Waals surface area contributed by atoms with Crippen molar-refractivity contribution in [3.8, 4) is 0 Å². The van der Waals surface area contributed by atoms with Crippen LogP contribution in [0.3, 0.4) is 0 Å². The standard InChI is InChI=1S/C15H18Br2N4/c1-3-7-18-14-13(17)15(20-10-19-14)21(2)9-11-5-4-6-12(16)8-11/h4-6,8,10H,3,7,9H2,1-2H3,(H,18,19,20). The molecule has 0 aliphatic heterocycles. The van der Waals surface area contributed by atoms with Crippen LogP contribution in [0.1, 0.15) is 18.9 Å². The predicted molar refractivity (Wildman–Crippen MR) is 94.8 cm³/mol. The fourth-order valence-electron chi connectivity index (χ4n) is 1.98. The van der Waals surface area contributed by atoms with E-state index in [0.29, 0.717) is 0 Å². The molecule has 0 atom stereocenters. The van der Waals surface area contributed by atoms with E-state index in [0.717, 1.165) is 40.1 Å². The molecular weight excluding hydrogens is 396 g/mol. The van der Waals surface area contributed by atoms with Gasteiger partial charge in [-0.15, -0.1) is 0 Å². The average Bonchev–Trinajstić information content (AvgIpc) is 2.46. The van der Waals surface area contributed by atoms with Crippen LogP contribution < -0.4 is 10.2 Å². The van der Waals surface area contributed by atoms with Crippen LogP contribution in [0.5, 0.6) is 0 Å². The lowest BCUT2D eigenvalue weighted by atomic mass is 10.2. The van der Waals surface area contributed by atoms with Crippen molar-refractivity contribution in [2.75, 3.05) is 23.8 Å². The number of anilines is 2. The first-order valence-electron chi connectivity index (χ1n) is 6.81. The first-order valence-corrected chi connectivity index (χ1v) is 8.40. The summed E-state index contributed by atoms with van der Waals surface area (Å²) in [5.41, 5.74) is 1.22. The summed E-state index contributed by atoms with van der Waals surface area (Å²) in [6, 6.07) is 8.28. The van der Waals surface area contributed by atoms with Crippen molar-refractivity contribution in [3.05, 3.63) is 45.1 Å². The monoisotopic (exact) mass is 412 g/mol. The first-order chi connectivity index (χ1) is 10.1.